The van der Waals surface area contributed by atoms with Crippen LogP contribution in [0.5, 0.6) is 17.2 Å². The predicted molar refractivity (Wildman–Crippen MR) is 135 cm³/mol. The molecule has 0 saturated carbocycles. The Balaban J connectivity index is 1.86. The van der Waals surface area contributed by atoms with E-state index >= 15 is 0 Å². The van der Waals surface area contributed by atoms with Gasteiger partial charge < -0.3 is 20.1 Å². The van der Waals surface area contributed by atoms with E-state index in [-0.39, 0.29) is 21.8 Å². The maximum Gasteiger partial charge on any atom is 0.573 e. The van der Waals surface area contributed by atoms with Crippen LogP contribution >= 0.6 is 15.9 Å². The van der Waals surface area contributed by atoms with Crippen LogP contribution in [0.2, 0.25) is 0 Å². The summed E-state index contributed by atoms with van der Waals surface area (Å²) in [6.07, 6.45) is -3.33. The highest BCUT2D eigenvalue weighted by Gasteiger charge is 2.32. The van der Waals surface area contributed by atoms with Gasteiger partial charge in [0, 0.05) is 31.1 Å². The van der Waals surface area contributed by atoms with Crippen molar-refractivity contribution in [3.63, 3.8) is 0 Å². The summed E-state index contributed by atoms with van der Waals surface area (Å²) in [6, 6.07) is 12.5. The number of aliphatic imine (C=N–C) groups is 1. The molecule has 3 aromatic rings. The molecule has 0 radical (unpaired) electrons. The highest BCUT2D eigenvalue weighted by Crippen LogP contribution is 2.33. The molecule has 36 heavy (non-hydrogen) atoms. The Labute approximate surface area is 214 Å². The van der Waals surface area contributed by atoms with Crippen LogP contribution in [0.15, 0.2) is 76.3 Å². The molecule has 2 N–H and O–H groups in total. The number of aryl methyl sites for hydroxylation is 1. The van der Waals surface area contributed by atoms with Crippen molar-refractivity contribution >= 4 is 39.0 Å². The Hall–Kier alpha value is -3.86. The molecule has 1 heterocycles. The summed E-state index contributed by atoms with van der Waals surface area (Å²) >= 11 is 3.09. The van der Waals surface area contributed by atoms with Crippen molar-refractivity contribution in [1.82, 2.24) is 10.3 Å². The van der Waals surface area contributed by atoms with Crippen molar-refractivity contribution < 1.29 is 27.4 Å². The largest absolute Gasteiger partial charge is 0.573 e. The molecular weight excluding hydrogens is 541 g/mol. The fourth-order valence-electron chi connectivity index (χ4n) is 2.91. The normalized spacial score (nSPS) is 11.6. The molecule has 0 spiro atoms. The number of aromatic nitrogens is 1. The Morgan fingerprint density at radius 2 is 1.83 bits per heavy atom. The zero-order chi connectivity index (χ0) is 26.5. The Kier molecular flexibility index (Phi) is 8.36. The zero-order valence-electron chi connectivity index (χ0n) is 19.5. The van der Waals surface area contributed by atoms with Crippen molar-refractivity contribution in [2.75, 3.05) is 12.4 Å². The molecule has 11 heteroatoms. The van der Waals surface area contributed by atoms with Gasteiger partial charge >= 0.3 is 6.36 Å². The monoisotopic (exact) mass is 562 g/mol. The molecule has 0 atom stereocenters. The maximum absolute atomic E-state index is 12.5. The molecule has 1 amide bonds. The van der Waals surface area contributed by atoms with Crippen LogP contribution < -0.4 is 20.1 Å². The average Bonchev–Trinajstić information content (AvgIpc) is 2.81. The van der Waals surface area contributed by atoms with Crippen LogP contribution in [0.3, 0.4) is 0 Å². The summed E-state index contributed by atoms with van der Waals surface area (Å²) in [4.78, 5) is 20.5. The number of pyridine rings is 1. The van der Waals surface area contributed by atoms with Gasteiger partial charge in [0.25, 0.3) is 5.91 Å². The molecule has 3 rings (SSSR count). The summed E-state index contributed by atoms with van der Waals surface area (Å²) in [6.45, 7) is 7.55. The third kappa shape index (κ3) is 7.32. The van der Waals surface area contributed by atoms with E-state index in [0.29, 0.717) is 34.3 Å². The molecule has 1 aromatic heterocycles. The summed E-state index contributed by atoms with van der Waals surface area (Å²) in [5.41, 5.74) is 2.71. The number of hydrogen-bond donors (Lipinski definition) is 2. The number of anilines is 1. The standard InChI is InChI=1S/C25H22BrF3N4O3/c1-14(2)23(32-16-6-8-22(19(26)11-16)36-25(27,28)29)33-20-12-17(7-5-15(20)3)35-18-9-10-31-21(13-18)24(34)30-4/h5-13H,1H2,2-4H3,(H,30,34)(H,32,33). The van der Waals surface area contributed by atoms with E-state index in [2.05, 4.69) is 47.9 Å². The molecular formula is C25H22BrF3N4O3. The van der Waals surface area contributed by atoms with Gasteiger partial charge in [0.15, 0.2) is 0 Å². The Morgan fingerprint density at radius 3 is 2.47 bits per heavy atom. The molecule has 2 aromatic carbocycles. The number of nitrogens with one attached hydrogen (secondary N) is 2. The predicted octanol–water partition coefficient (Wildman–Crippen LogP) is 6.92. The lowest BCUT2D eigenvalue weighted by atomic mass is 10.2. The van der Waals surface area contributed by atoms with E-state index in [1.54, 1.807) is 25.1 Å². The summed E-state index contributed by atoms with van der Waals surface area (Å²) in [5, 5.41) is 5.58. The number of nitrogens with zero attached hydrogens (tertiary/aromatic N) is 2. The molecule has 0 bridgehead atoms. The van der Waals surface area contributed by atoms with E-state index in [1.165, 1.54) is 37.5 Å². The lowest BCUT2D eigenvalue weighted by molar-refractivity contribution is -0.274. The molecule has 7 nitrogen and oxygen atoms in total. The number of hydrogen-bond acceptors (Lipinski definition) is 5. The number of amides is 1. The minimum Gasteiger partial charge on any atom is -0.457 e. The fourth-order valence-corrected chi connectivity index (χ4v) is 3.37. The van der Waals surface area contributed by atoms with E-state index in [4.69, 9.17) is 4.74 Å². The SMILES string of the molecule is C=C(C)C(=Nc1cc(Oc2ccnc(C(=O)NC)c2)ccc1C)Nc1ccc(OC(F)(F)F)c(Br)c1. The van der Waals surface area contributed by atoms with Crippen LogP contribution in [-0.2, 0) is 0 Å². The number of carbonyl (C=O) groups is 1. The van der Waals surface area contributed by atoms with Gasteiger partial charge in [0.1, 0.15) is 28.8 Å². The van der Waals surface area contributed by atoms with E-state index in [9.17, 15) is 18.0 Å². The number of alkyl halides is 3. The van der Waals surface area contributed by atoms with Gasteiger partial charge in [-0.05, 0) is 71.2 Å². The second kappa shape index (κ2) is 11.3. The minimum absolute atomic E-state index is 0.117. The number of amidine groups is 1. The number of ether oxygens (including phenoxy) is 2. The van der Waals surface area contributed by atoms with Gasteiger partial charge in [-0.1, -0.05) is 12.6 Å². The molecule has 0 aliphatic heterocycles. The van der Waals surface area contributed by atoms with Crippen molar-refractivity contribution in [2.45, 2.75) is 20.2 Å². The molecule has 188 valence electrons. The molecule has 0 fully saturated rings. The summed E-state index contributed by atoms with van der Waals surface area (Å²) < 4.78 is 47.6. The van der Waals surface area contributed by atoms with Gasteiger partial charge in [-0.3, -0.25) is 9.78 Å². The van der Waals surface area contributed by atoms with Gasteiger partial charge in [-0.15, -0.1) is 13.2 Å². The topological polar surface area (TPSA) is 84.8 Å². The highest BCUT2D eigenvalue weighted by atomic mass is 79.9. The smallest absolute Gasteiger partial charge is 0.457 e. The third-order valence-corrected chi connectivity index (χ3v) is 5.28. The van der Waals surface area contributed by atoms with Gasteiger partial charge in [0.05, 0.1) is 10.2 Å². The van der Waals surface area contributed by atoms with Gasteiger partial charge in [-0.25, -0.2) is 4.99 Å². The minimum atomic E-state index is -4.80. The van der Waals surface area contributed by atoms with Crippen molar-refractivity contribution in [2.24, 2.45) is 4.99 Å². The van der Waals surface area contributed by atoms with Crippen molar-refractivity contribution in [1.29, 1.82) is 0 Å². The van der Waals surface area contributed by atoms with Crippen molar-refractivity contribution in [3.05, 3.63) is 82.6 Å². The Morgan fingerprint density at radius 1 is 1.11 bits per heavy atom. The third-order valence-electron chi connectivity index (χ3n) is 4.66. The summed E-state index contributed by atoms with van der Waals surface area (Å²) in [5.74, 6) is 0.602. The fraction of sp³-hybridized carbons (Fsp3) is 0.160. The van der Waals surface area contributed by atoms with E-state index in [1.807, 2.05) is 13.0 Å². The zero-order valence-corrected chi connectivity index (χ0v) is 21.1. The van der Waals surface area contributed by atoms with Crippen LogP contribution in [0.4, 0.5) is 24.5 Å². The second-order valence-electron chi connectivity index (χ2n) is 7.57. The molecule has 0 saturated heterocycles. The number of benzene rings is 2. The number of rotatable bonds is 7. The number of carbonyl (C=O) groups excluding carboxylic acids is 1. The lowest BCUT2D eigenvalue weighted by Crippen LogP contribution is -2.18. The first kappa shape index (κ1) is 26.7. The summed E-state index contributed by atoms with van der Waals surface area (Å²) in [7, 11) is 1.51. The first-order valence-corrected chi connectivity index (χ1v) is 11.3. The maximum atomic E-state index is 12.5. The number of halogens is 4. The highest BCUT2D eigenvalue weighted by molar-refractivity contribution is 9.10. The van der Waals surface area contributed by atoms with Crippen LogP contribution in [0.1, 0.15) is 23.0 Å². The average molecular weight is 563 g/mol. The molecule has 0 aliphatic carbocycles. The van der Waals surface area contributed by atoms with E-state index < -0.39 is 6.36 Å². The van der Waals surface area contributed by atoms with Crippen molar-refractivity contribution in [3.8, 4) is 17.2 Å². The van der Waals surface area contributed by atoms with Crippen LogP contribution in [0.25, 0.3) is 0 Å². The van der Waals surface area contributed by atoms with Crippen LogP contribution in [0, 0.1) is 6.92 Å². The van der Waals surface area contributed by atoms with E-state index in [0.717, 1.165) is 5.56 Å². The lowest BCUT2D eigenvalue weighted by Gasteiger charge is -2.14. The first-order chi connectivity index (χ1) is 16.9. The van der Waals surface area contributed by atoms with Gasteiger partial charge in [-0.2, -0.15) is 0 Å². The first-order valence-electron chi connectivity index (χ1n) is 10.5. The van der Waals surface area contributed by atoms with Gasteiger partial charge in [0.2, 0.25) is 0 Å². The molecule has 0 aliphatic rings. The second-order valence-corrected chi connectivity index (χ2v) is 8.42. The molecule has 0 unspecified atom stereocenters. The van der Waals surface area contributed by atoms with Crippen LogP contribution in [-0.4, -0.2) is 30.1 Å². The Bertz CT molecular complexity index is 1330. The quantitative estimate of drug-likeness (QED) is 0.241.